The monoisotopic (exact) mass is 287 g/mol. The van der Waals surface area contributed by atoms with E-state index >= 15 is 0 Å². The van der Waals surface area contributed by atoms with Gasteiger partial charge in [0.05, 0.1) is 0 Å². The third-order valence-electron chi connectivity index (χ3n) is 5.02. The summed E-state index contributed by atoms with van der Waals surface area (Å²) in [4.78, 5) is 17.0. The molecular weight excluding hydrogens is 258 g/mol. The second kappa shape index (κ2) is 7.72. The van der Waals surface area contributed by atoms with E-state index in [1.807, 2.05) is 24.4 Å². The Balaban J connectivity index is 1.85. The second-order valence-corrected chi connectivity index (χ2v) is 7.07. The molecule has 0 saturated heterocycles. The summed E-state index contributed by atoms with van der Waals surface area (Å²) in [7, 11) is 0. The van der Waals surface area contributed by atoms with Crippen molar-refractivity contribution in [2.45, 2.75) is 59.3 Å². The van der Waals surface area contributed by atoms with E-state index in [-0.39, 0.29) is 0 Å². The maximum atomic E-state index is 12.6. The Bertz CT molecular complexity index is 440. The molecule has 3 atom stereocenters. The van der Waals surface area contributed by atoms with Crippen molar-refractivity contribution in [1.29, 1.82) is 0 Å². The van der Waals surface area contributed by atoms with Gasteiger partial charge in [0.2, 0.25) is 0 Å². The molecule has 0 radical (unpaired) electrons. The molecule has 1 fully saturated rings. The van der Waals surface area contributed by atoms with Gasteiger partial charge in [-0.05, 0) is 55.6 Å². The molecule has 1 aromatic rings. The lowest BCUT2D eigenvalue weighted by Gasteiger charge is -2.36. The molecule has 1 heterocycles. The van der Waals surface area contributed by atoms with Gasteiger partial charge in [0.15, 0.2) is 0 Å². The number of carbonyl (C=O) groups is 1. The van der Waals surface area contributed by atoms with Crippen molar-refractivity contribution in [1.82, 2.24) is 4.98 Å². The van der Waals surface area contributed by atoms with Crippen LogP contribution in [0.2, 0.25) is 0 Å². The molecule has 0 spiro atoms. The molecule has 1 aromatic heterocycles. The van der Waals surface area contributed by atoms with E-state index in [0.717, 1.165) is 31.4 Å². The van der Waals surface area contributed by atoms with E-state index in [1.165, 1.54) is 12.8 Å². The normalized spacial score (nSPS) is 26.0. The highest BCUT2D eigenvalue weighted by Crippen LogP contribution is 2.39. The van der Waals surface area contributed by atoms with Crippen molar-refractivity contribution in [3.05, 3.63) is 30.1 Å². The van der Waals surface area contributed by atoms with Crippen LogP contribution in [-0.2, 0) is 11.2 Å². The molecule has 116 valence electrons. The smallest absolute Gasteiger partial charge is 0.136 e. The van der Waals surface area contributed by atoms with Crippen LogP contribution in [-0.4, -0.2) is 10.8 Å². The van der Waals surface area contributed by atoms with Gasteiger partial charge in [0, 0.05) is 24.2 Å². The van der Waals surface area contributed by atoms with E-state index in [1.54, 1.807) is 0 Å². The van der Waals surface area contributed by atoms with Crippen LogP contribution in [0, 0.1) is 23.7 Å². The maximum Gasteiger partial charge on any atom is 0.136 e. The highest BCUT2D eigenvalue weighted by Gasteiger charge is 2.34. The molecular formula is C19H29NO. The number of rotatable bonds is 6. The molecule has 0 N–H and O–H groups in total. The zero-order valence-electron chi connectivity index (χ0n) is 13.7. The minimum atomic E-state index is 0.303. The van der Waals surface area contributed by atoms with E-state index in [9.17, 15) is 4.79 Å². The fourth-order valence-corrected chi connectivity index (χ4v) is 3.75. The van der Waals surface area contributed by atoms with Gasteiger partial charge in [-0.25, -0.2) is 0 Å². The Hall–Kier alpha value is -1.18. The summed E-state index contributed by atoms with van der Waals surface area (Å²) in [5.41, 5.74) is 1.10. The predicted molar refractivity (Wildman–Crippen MR) is 87.0 cm³/mol. The van der Waals surface area contributed by atoms with Gasteiger partial charge in [-0.2, -0.15) is 0 Å². The van der Waals surface area contributed by atoms with Crippen LogP contribution in [0.3, 0.4) is 0 Å². The van der Waals surface area contributed by atoms with E-state index in [4.69, 9.17) is 0 Å². The lowest BCUT2D eigenvalue weighted by molar-refractivity contribution is -0.127. The average molecular weight is 287 g/mol. The van der Waals surface area contributed by atoms with Crippen LogP contribution in [0.25, 0.3) is 0 Å². The number of aromatic nitrogens is 1. The molecule has 21 heavy (non-hydrogen) atoms. The number of aryl methyl sites for hydroxylation is 1. The molecule has 1 saturated carbocycles. The lowest BCUT2D eigenvalue weighted by Crippen LogP contribution is -2.33. The van der Waals surface area contributed by atoms with Crippen molar-refractivity contribution in [2.24, 2.45) is 23.7 Å². The van der Waals surface area contributed by atoms with E-state index in [0.29, 0.717) is 29.5 Å². The van der Waals surface area contributed by atoms with Crippen LogP contribution < -0.4 is 0 Å². The quantitative estimate of drug-likeness (QED) is 0.760. The zero-order chi connectivity index (χ0) is 15.2. The third-order valence-corrected chi connectivity index (χ3v) is 5.02. The Morgan fingerprint density at radius 3 is 2.81 bits per heavy atom. The molecule has 0 aromatic carbocycles. The number of pyridine rings is 1. The number of nitrogens with zero attached hydrogens (tertiary/aromatic N) is 1. The number of hydrogen-bond acceptors (Lipinski definition) is 2. The van der Waals surface area contributed by atoms with Crippen molar-refractivity contribution in [3.8, 4) is 0 Å². The number of ketones is 1. The molecule has 2 unspecified atom stereocenters. The summed E-state index contributed by atoms with van der Waals surface area (Å²) < 4.78 is 0. The second-order valence-electron chi connectivity index (χ2n) is 7.07. The molecule has 1 aliphatic rings. The van der Waals surface area contributed by atoms with Crippen LogP contribution >= 0.6 is 0 Å². The molecule has 0 aliphatic heterocycles. The predicted octanol–water partition coefficient (Wildman–Crippen LogP) is 4.68. The van der Waals surface area contributed by atoms with Gasteiger partial charge in [0.1, 0.15) is 5.78 Å². The topological polar surface area (TPSA) is 30.0 Å². The first-order chi connectivity index (χ1) is 10.1. The first-order valence-corrected chi connectivity index (χ1v) is 8.50. The van der Waals surface area contributed by atoms with Gasteiger partial charge in [0.25, 0.3) is 0 Å². The Kier molecular flexibility index (Phi) is 5.96. The van der Waals surface area contributed by atoms with Gasteiger partial charge in [-0.3, -0.25) is 9.78 Å². The molecule has 0 bridgehead atoms. The minimum Gasteiger partial charge on any atom is -0.299 e. The van der Waals surface area contributed by atoms with E-state index in [2.05, 4.69) is 25.8 Å². The van der Waals surface area contributed by atoms with Crippen LogP contribution in [0.1, 0.15) is 58.6 Å². The molecule has 2 nitrogen and oxygen atoms in total. The molecule has 1 aliphatic carbocycles. The summed E-state index contributed by atoms with van der Waals surface area (Å²) >= 11 is 0. The van der Waals surface area contributed by atoms with Gasteiger partial charge < -0.3 is 0 Å². The van der Waals surface area contributed by atoms with Crippen LogP contribution in [0.5, 0.6) is 0 Å². The third kappa shape index (κ3) is 4.66. The fraction of sp³-hybridized carbons (Fsp3) is 0.684. The Morgan fingerprint density at radius 2 is 2.14 bits per heavy atom. The SMILES string of the molecule is CC1CC[C@@H](C(C)C)C(C(=O)CCCc2ccccn2)C1. The van der Waals surface area contributed by atoms with Crippen LogP contribution in [0.15, 0.2) is 24.4 Å². The molecule has 2 heteroatoms. The summed E-state index contributed by atoms with van der Waals surface area (Å²) in [6.45, 7) is 6.84. The van der Waals surface area contributed by atoms with Gasteiger partial charge >= 0.3 is 0 Å². The standard InChI is InChI=1S/C19H29NO/c1-14(2)17-11-10-15(3)13-18(17)19(21)9-6-8-16-7-4-5-12-20-16/h4-5,7,12,14-15,17-18H,6,8-11,13H2,1-3H3/t15?,17-,18?/m0/s1. The van der Waals surface area contributed by atoms with Crippen molar-refractivity contribution in [2.75, 3.05) is 0 Å². The summed E-state index contributed by atoms with van der Waals surface area (Å²) in [5.74, 6) is 2.74. The van der Waals surface area contributed by atoms with Crippen molar-refractivity contribution >= 4 is 5.78 Å². The van der Waals surface area contributed by atoms with Gasteiger partial charge in [-0.1, -0.05) is 33.3 Å². The Morgan fingerprint density at radius 1 is 1.33 bits per heavy atom. The zero-order valence-corrected chi connectivity index (χ0v) is 13.7. The average Bonchev–Trinajstić information content (AvgIpc) is 2.47. The maximum absolute atomic E-state index is 12.6. The Labute approximate surface area is 129 Å². The summed E-state index contributed by atoms with van der Waals surface area (Å²) in [5, 5.41) is 0. The van der Waals surface area contributed by atoms with Crippen molar-refractivity contribution in [3.63, 3.8) is 0 Å². The number of carbonyl (C=O) groups excluding carboxylic acids is 1. The number of Topliss-reactive ketones (excluding diaryl/α,β-unsaturated/α-hetero) is 1. The van der Waals surface area contributed by atoms with E-state index < -0.39 is 0 Å². The highest BCUT2D eigenvalue weighted by atomic mass is 16.1. The highest BCUT2D eigenvalue weighted by molar-refractivity contribution is 5.81. The largest absolute Gasteiger partial charge is 0.299 e. The van der Waals surface area contributed by atoms with Gasteiger partial charge in [-0.15, -0.1) is 0 Å². The summed E-state index contributed by atoms with van der Waals surface area (Å²) in [6.07, 6.45) is 8.03. The minimum absolute atomic E-state index is 0.303. The first kappa shape index (κ1) is 16.2. The number of hydrogen-bond donors (Lipinski definition) is 0. The summed E-state index contributed by atoms with van der Waals surface area (Å²) in [6, 6.07) is 6.00. The molecule has 2 rings (SSSR count). The van der Waals surface area contributed by atoms with Crippen LogP contribution in [0.4, 0.5) is 0 Å². The first-order valence-electron chi connectivity index (χ1n) is 8.50. The molecule has 0 amide bonds. The van der Waals surface area contributed by atoms with Crippen molar-refractivity contribution < 1.29 is 4.79 Å². The lowest BCUT2D eigenvalue weighted by atomic mass is 9.68. The fourth-order valence-electron chi connectivity index (χ4n) is 3.75.